The summed E-state index contributed by atoms with van der Waals surface area (Å²) >= 11 is 1.66. The van der Waals surface area contributed by atoms with Gasteiger partial charge < -0.3 is 15.2 Å². The molecule has 0 radical (unpaired) electrons. The van der Waals surface area contributed by atoms with Crippen LogP contribution in [0.3, 0.4) is 0 Å². The minimum Gasteiger partial charge on any atom is -0.497 e. The zero-order chi connectivity index (χ0) is 12.6. The molecule has 2 heterocycles. The molecule has 96 valence electrons. The molecule has 2 N–H and O–H groups in total. The Morgan fingerprint density at radius 2 is 2.17 bits per heavy atom. The van der Waals surface area contributed by atoms with Gasteiger partial charge in [-0.1, -0.05) is 0 Å². The first-order valence-electron chi connectivity index (χ1n) is 6.03. The van der Waals surface area contributed by atoms with Crippen molar-refractivity contribution in [3.05, 3.63) is 23.2 Å². The Bertz CT molecular complexity index is 561. The number of rotatable bonds is 2. The molecule has 1 aromatic carbocycles. The lowest BCUT2D eigenvalue weighted by molar-refractivity contribution is 0.0522. The van der Waals surface area contributed by atoms with E-state index in [1.54, 1.807) is 18.4 Å². The molecule has 0 atom stereocenters. The molecule has 1 fully saturated rings. The molecule has 1 aliphatic rings. The zero-order valence-corrected chi connectivity index (χ0v) is 11.1. The monoisotopic (exact) mass is 264 g/mol. The van der Waals surface area contributed by atoms with E-state index in [2.05, 4.69) is 4.98 Å². The van der Waals surface area contributed by atoms with Crippen molar-refractivity contribution in [2.45, 2.75) is 18.4 Å². The van der Waals surface area contributed by atoms with E-state index in [1.807, 2.05) is 18.2 Å². The maximum atomic E-state index is 6.45. The van der Waals surface area contributed by atoms with Crippen molar-refractivity contribution >= 4 is 21.6 Å². The summed E-state index contributed by atoms with van der Waals surface area (Å²) in [6.45, 7) is 1.44. The lowest BCUT2D eigenvalue weighted by Crippen LogP contribution is -2.42. The molecule has 0 aliphatic carbocycles. The minimum atomic E-state index is -0.324. The van der Waals surface area contributed by atoms with Crippen molar-refractivity contribution in [3.63, 3.8) is 0 Å². The largest absolute Gasteiger partial charge is 0.497 e. The second kappa shape index (κ2) is 4.50. The van der Waals surface area contributed by atoms with Crippen LogP contribution in [0, 0.1) is 0 Å². The van der Waals surface area contributed by atoms with E-state index in [1.165, 1.54) is 0 Å². The summed E-state index contributed by atoms with van der Waals surface area (Å²) in [5.41, 5.74) is 7.12. The fourth-order valence-electron chi connectivity index (χ4n) is 2.19. The molecule has 0 saturated carbocycles. The van der Waals surface area contributed by atoms with Crippen LogP contribution in [0.1, 0.15) is 17.8 Å². The Morgan fingerprint density at radius 1 is 1.39 bits per heavy atom. The molecule has 0 bridgehead atoms. The van der Waals surface area contributed by atoms with E-state index in [-0.39, 0.29) is 5.54 Å². The van der Waals surface area contributed by atoms with Crippen molar-refractivity contribution in [3.8, 4) is 5.75 Å². The number of nitrogens with zero attached hydrogens (tertiary/aromatic N) is 1. The van der Waals surface area contributed by atoms with Crippen LogP contribution in [-0.2, 0) is 10.3 Å². The molecule has 1 aliphatic heterocycles. The predicted molar refractivity (Wildman–Crippen MR) is 72.1 cm³/mol. The lowest BCUT2D eigenvalue weighted by atomic mass is 9.92. The molecule has 1 saturated heterocycles. The van der Waals surface area contributed by atoms with E-state index >= 15 is 0 Å². The van der Waals surface area contributed by atoms with Crippen LogP contribution in [0.4, 0.5) is 0 Å². The van der Waals surface area contributed by atoms with Gasteiger partial charge in [-0.25, -0.2) is 4.98 Å². The summed E-state index contributed by atoms with van der Waals surface area (Å²) in [6, 6.07) is 5.93. The maximum Gasteiger partial charge on any atom is 0.120 e. The Balaban J connectivity index is 2.02. The van der Waals surface area contributed by atoms with Gasteiger partial charge in [-0.3, -0.25) is 0 Å². The van der Waals surface area contributed by atoms with Crippen LogP contribution < -0.4 is 10.5 Å². The number of methoxy groups -OCH3 is 1. The highest BCUT2D eigenvalue weighted by Crippen LogP contribution is 2.35. The number of hydrogen-bond acceptors (Lipinski definition) is 5. The highest BCUT2D eigenvalue weighted by atomic mass is 32.1. The highest BCUT2D eigenvalue weighted by molar-refractivity contribution is 7.18. The topological polar surface area (TPSA) is 57.4 Å². The fraction of sp³-hybridized carbons (Fsp3) is 0.462. The van der Waals surface area contributed by atoms with E-state index in [0.717, 1.165) is 47.0 Å². The third-order valence-electron chi connectivity index (χ3n) is 3.41. The average Bonchev–Trinajstić information content (AvgIpc) is 2.83. The second-order valence-corrected chi connectivity index (χ2v) is 5.65. The summed E-state index contributed by atoms with van der Waals surface area (Å²) in [7, 11) is 1.67. The van der Waals surface area contributed by atoms with Gasteiger partial charge in [-0.2, -0.15) is 0 Å². The molecular formula is C13H16N2O2S. The normalized spacial score (nSPS) is 19.0. The second-order valence-electron chi connectivity index (χ2n) is 4.62. The Labute approximate surface area is 110 Å². The van der Waals surface area contributed by atoms with Gasteiger partial charge in [0.1, 0.15) is 10.8 Å². The number of nitrogens with two attached hydrogens (primary N) is 1. The van der Waals surface area contributed by atoms with Gasteiger partial charge in [0.15, 0.2) is 0 Å². The van der Waals surface area contributed by atoms with Gasteiger partial charge in [-0.05, 0) is 31.0 Å². The minimum absolute atomic E-state index is 0.324. The number of ether oxygens (including phenoxy) is 2. The molecule has 0 unspecified atom stereocenters. The first-order valence-corrected chi connectivity index (χ1v) is 6.85. The summed E-state index contributed by atoms with van der Waals surface area (Å²) in [4.78, 5) is 4.67. The van der Waals surface area contributed by atoms with Crippen LogP contribution >= 0.6 is 11.3 Å². The smallest absolute Gasteiger partial charge is 0.120 e. The molecule has 5 heteroatoms. The molecule has 4 nitrogen and oxygen atoms in total. The van der Waals surface area contributed by atoms with Crippen LogP contribution in [0.15, 0.2) is 18.2 Å². The van der Waals surface area contributed by atoms with Gasteiger partial charge in [0, 0.05) is 13.2 Å². The van der Waals surface area contributed by atoms with Crippen LogP contribution in [0.25, 0.3) is 10.2 Å². The molecule has 1 aromatic heterocycles. The van der Waals surface area contributed by atoms with Crippen LogP contribution in [0.5, 0.6) is 5.75 Å². The third kappa shape index (κ3) is 1.98. The van der Waals surface area contributed by atoms with Crippen molar-refractivity contribution in [2.75, 3.05) is 20.3 Å². The van der Waals surface area contributed by atoms with Crippen molar-refractivity contribution < 1.29 is 9.47 Å². The summed E-state index contributed by atoms with van der Waals surface area (Å²) < 4.78 is 11.7. The van der Waals surface area contributed by atoms with Gasteiger partial charge >= 0.3 is 0 Å². The predicted octanol–water partition coefficient (Wildman–Crippen LogP) is 2.27. The SMILES string of the molecule is COc1ccc2nc(C3(N)CCOCC3)sc2c1. The Morgan fingerprint density at radius 3 is 2.89 bits per heavy atom. The van der Waals surface area contributed by atoms with Gasteiger partial charge in [0.2, 0.25) is 0 Å². The fourth-order valence-corrected chi connectivity index (χ4v) is 3.35. The van der Waals surface area contributed by atoms with Gasteiger partial charge in [0.05, 0.1) is 22.9 Å². The summed E-state index contributed by atoms with van der Waals surface area (Å²) in [5.74, 6) is 0.857. The molecule has 18 heavy (non-hydrogen) atoms. The van der Waals surface area contributed by atoms with Crippen LogP contribution in [-0.4, -0.2) is 25.3 Å². The number of benzene rings is 1. The number of fused-ring (bicyclic) bond motifs is 1. The Kier molecular flexibility index (Phi) is 2.97. The number of thiazole rings is 1. The standard InChI is InChI=1S/C13H16N2O2S/c1-16-9-2-3-10-11(8-9)18-12(15-10)13(14)4-6-17-7-5-13/h2-3,8H,4-7,14H2,1H3. The summed E-state index contributed by atoms with van der Waals surface area (Å²) in [6.07, 6.45) is 1.67. The van der Waals surface area contributed by atoms with Crippen molar-refractivity contribution in [1.29, 1.82) is 0 Å². The maximum absolute atomic E-state index is 6.45. The third-order valence-corrected chi connectivity index (χ3v) is 4.64. The van der Waals surface area contributed by atoms with Gasteiger partial charge in [-0.15, -0.1) is 11.3 Å². The molecule has 0 amide bonds. The number of aromatic nitrogens is 1. The number of hydrogen-bond donors (Lipinski definition) is 1. The van der Waals surface area contributed by atoms with E-state index in [9.17, 15) is 0 Å². The Hall–Kier alpha value is -1.17. The molecule has 3 rings (SSSR count). The molecule has 0 spiro atoms. The van der Waals surface area contributed by atoms with E-state index in [0.29, 0.717) is 0 Å². The quantitative estimate of drug-likeness (QED) is 0.904. The molecular weight excluding hydrogens is 248 g/mol. The zero-order valence-electron chi connectivity index (χ0n) is 10.3. The van der Waals surface area contributed by atoms with Gasteiger partial charge in [0.25, 0.3) is 0 Å². The van der Waals surface area contributed by atoms with Crippen LogP contribution in [0.2, 0.25) is 0 Å². The first kappa shape index (κ1) is 11.9. The lowest BCUT2D eigenvalue weighted by Gasteiger charge is -2.31. The highest BCUT2D eigenvalue weighted by Gasteiger charge is 2.33. The average molecular weight is 264 g/mol. The first-order chi connectivity index (χ1) is 8.71. The van der Waals surface area contributed by atoms with Crippen molar-refractivity contribution in [1.82, 2.24) is 4.98 Å². The van der Waals surface area contributed by atoms with E-state index < -0.39 is 0 Å². The summed E-state index contributed by atoms with van der Waals surface area (Å²) in [5, 5.41) is 1.01. The molecule has 2 aromatic rings. The van der Waals surface area contributed by atoms with E-state index in [4.69, 9.17) is 15.2 Å². The van der Waals surface area contributed by atoms with Crippen molar-refractivity contribution in [2.24, 2.45) is 5.73 Å².